The summed E-state index contributed by atoms with van der Waals surface area (Å²) >= 11 is 5.49. The van der Waals surface area contributed by atoms with Crippen molar-refractivity contribution < 1.29 is 19.1 Å². The zero-order valence-electron chi connectivity index (χ0n) is 14.1. The predicted octanol–water partition coefficient (Wildman–Crippen LogP) is 2.20. The third-order valence-corrected chi connectivity index (χ3v) is 4.03. The summed E-state index contributed by atoms with van der Waals surface area (Å²) in [5.41, 5.74) is 2.16. The third-order valence-electron chi connectivity index (χ3n) is 3.87. The summed E-state index contributed by atoms with van der Waals surface area (Å²) in [5, 5.41) is 0. The Bertz CT molecular complexity index is 586. The molecule has 0 unspecified atom stereocenters. The molecule has 0 saturated carbocycles. The van der Waals surface area contributed by atoms with Gasteiger partial charge in [-0.3, -0.25) is 4.79 Å². The molecule has 1 aliphatic heterocycles. The Labute approximate surface area is 147 Å². The molecule has 0 bridgehead atoms. The van der Waals surface area contributed by atoms with Gasteiger partial charge >= 0.3 is 6.09 Å². The summed E-state index contributed by atoms with van der Waals surface area (Å²) < 4.78 is 10.6. The van der Waals surface area contributed by atoms with Crippen LogP contribution in [0.4, 0.5) is 4.79 Å². The third kappa shape index (κ3) is 5.03. The Kier molecular flexibility index (Phi) is 6.73. The van der Waals surface area contributed by atoms with E-state index in [0.717, 1.165) is 16.9 Å². The SMILES string of the molecule is Cc1ccc(OCC(=O)N2CCN(C(=O)OCCCl)CC2)c(C)c1. The molecule has 2 rings (SSSR count). The van der Waals surface area contributed by atoms with Crippen LogP contribution in [-0.2, 0) is 9.53 Å². The quantitative estimate of drug-likeness (QED) is 0.761. The molecule has 1 saturated heterocycles. The largest absolute Gasteiger partial charge is 0.484 e. The number of ether oxygens (including phenoxy) is 2. The van der Waals surface area contributed by atoms with Crippen molar-refractivity contribution in [3.63, 3.8) is 0 Å². The molecule has 1 aromatic rings. The average Bonchev–Trinajstić information content (AvgIpc) is 2.58. The van der Waals surface area contributed by atoms with Crippen LogP contribution in [0.25, 0.3) is 0 Å². The molecule has 0 N–H and O–H groups in total. The van der Waals surface area contributed by atoms with E-state index in [-0.39, 0.29) is 31.1 Å². The number of carbonyl (C=O) groups is 2. The molecule has 1 aliphatic rings. The van der Waals surface area contributed by atoms with Crippen LogP contribution in [0.2, 0.25) is 0 Å². The summed E-state index contributed by atoms with van der Waals surface area (Å²) in [7, 11) is 0. The highest BCUT2D eigenvalue weighted by Crippen LogP contribution is 2.18. The number of carbonyl (C=O) groups excluding carboxylic acids is 2. The molecule has 2 amide bonds. The number of aryl methyl sites for hydroxylation is 2. The van der Waals surface area contributed by atoms with E-state index in [0.29, 0.717) is 26.2 Å². The number of rotatable bonds is 5. The second-order valence-electron chi connectivity index (χ2n) is 5.73. The minimum absolute atomic E-state index is 0.000591. The van der Waals surface area contributed by atoms with Crippen LogP contribution in [0.5, 0.6) is 5.75 Å². The second kappa shape index (κ2) is 8.78. The number of hydrogen-bond acceptors (Lipinski definition) is 4. The van der Waals surface area contributed by atoms with Gasteiger partial charge in [-0.05, 0) is 25.5 Å². The van der Waals surface area contributed by atoms with Crippen molar-refractivity contribution in [3.05, 3.63) is 29.3 Å². The van der Waals surface area contributed by atoms with Gasteiger partial charge in [0.05, 0.1) is 5.88 Å². The fourth-order valence-electron chi connectivity index (χ4n) is 2.55. The first-order chi connectivity index (χ1) is 11.5. The van der Waals surface area contributed by atoms with Crippen LogP contribution in [0, 0.1) is 13.8 Å². The summed E-state index contributed by atoms with van der Waals surface area (Å²) in [6.07, 6.45) is -0.380. The number of benzene rings is 1. The molecule has 0 radical (unpaired) electrons. The maximum Gasteiger partial charge on any atom is 0.409 e. The summed E-state index contributed by atoms with van der Waals surface area (Å²) in [6.45, 7) is 6.03. The highest BCUT2D eigenvalue weighted by Gasteiger charge is 2.25. The van der Waals surface area contributed by atoms with Crippen molar-refractivity contribution in [1.82, 2.24) is 9.80 Å². The molecule has 0 spiro atoms. The molecule has 7 heteroatoms. The van der Waals surface area contributed by atoms with Gasteiger partial charge in [-0.15, -0.1) is 11.6 Å². The average molecular weight is 355 g/mol. The van der Waals surface area contributed by atoms with Crippen molar-refractivity contribution in [1.29, 1.82) is 0 Å². The fourth-order valence-corrected chi connectivity index (χ4v) is 2.62. The summed E-state index contributed by atoms with van der Waals surface area (Å²) in [4.78, 5) is 27.3. The van der Waals surface area contributed by atoms with Gasteiger partial charge < -0.3 is 19.3 Å². The monoisotopic (exact) mass is 354 g/mol. The molecule has 24 heavy (non-hydrogen) atoms. The van der Waals surface area contributed by atoms with E-state index in [1.165, 1.54) is 0 Å². The van der Waals surface area contributed by atoms with E-state index >= 15 is 0 Å². The first kappa shape index (κ1) is 18.4. The number of hydrogen-bond donors (Lipinski definition) is 0. The highest BCUT2D eigenvalue weighted by atomic mass is 35.5. The molecule has 6 nitrogen and oxygen atoms in total. The van der Waals surface area contributed by atoms with Gasteiger partial charge in [0.1, 0.15) is 12.4 Å². The zero-order chi connectivity index (χ0) is 17.5. The van der Waals surface area contributed by atoms with Crippen LogP contribution in [-0.4, -0.2) is 67.1 Å². The Hall–Kier alpha value is -1.95. The van der Waals surface area contributed by atoms with E-state index in [2.05, 4.69) is 0 Å². The number of halogens is 1. The van der Waals surface area contributed by atoms with Gasteiger partial charge in [-0.1, -0.05) is 17.7 Å². The van der Waals surface area contributed by atoms with E-state index in [9.17, 15) is 9.59 Å². The lowest BCUT2D eigenvalue weighted by Crippen LogP contribution is -2.51. The van der Waals surface area contributed by atoms with E-state index in [1.54, 1.807) is 9.80 Å². The lowest BCUT2D eigenvalue weighted by atomic mass is 10.1. The minimum Gasteiger partial charge on any atom is -0.484 e. The van der Waals surface area contributed by atoms with Crippen molar-refractivity contribution in [2.75, 3.05) is 45.3 Å². The maximum atomic E-state index is 12.2. The van der Waals surface area contributed by atoms with Gasteiger partial charge in [0.25, 0.3) is 5.91 Å². The second-order valence-corrected chi connectivity index (χ2v) is 6.11. The van der Waals surface area contributed by atoms with Gasteiger partial charge in [-0.25, -0.2) is 4.79 Å². The molecule has 1 heterocycles. The molecule has 0 aliphatic carbocycles. The van der Waals surface area contributed by atoms with Gasteiger partial charge in [0.2, 0.25) is 0 Å². The molecule has 132 valence electrons. The van der Waals surface area contributed by atoms with Gasteiger partial charge in [0.15, 0.2) is 6.61 Å². The Morgan fingerprint density at radius 1 is 1.12 bits per heavy atom. The number of nitrogens with zero attached hydrogens (tertiary/aromatic N) is 2. The first-order valence-corrected chi connectivity index (χ1v) is 8.50. The standard InChI is InChI=1S/C17H23ClN2O4/c1-13-3-4-15(14(2)11-13)24-12-16(21)19-6-8-20(9-7-19)17(22)23-10-5-18/h3-4,11H,5-10,12H2,1-2H3. The van der Waals surface area contributed by atoms with Crippen LogP contribution in [0.1, 0.15) is 11.1 Å². The minimum atomic E-state index is -0.380. The Balaban J connectivity index is 1.77. The topological polar surface area (TPSA) is 59.1 Å². The summed E-state index contributed by atoms with van der Waals surface area (Å²) in [5.74, 6) is 0.918. The zero-order valence-corrected chi connectivity index (χ0v) is 14.8. The maximum absolute atomic E-state index is 12.2. The molecule has 1 aromatic carbocycles. The van der Waals surface area contributed by atoms with Crippen molar-refractivity contribution in [3.8, 4) is 5.75 Å². The first-order valence-electron chi connectivity index (χ1n) is 7.96. The van der Waals surface area contributed by atoms with Crippen molar-refractivity contribution in [2.24, 2.45) is 0 Å². The Morgan fingerprint density at radius 3 is 2.42 bits per heavy atom. The molecule has 0 atom stereocenters. The van der Waals surface area contributed by atoms with Crippen molar-refractivity contribution in [2.45, 2.75) is 13.8 Å². The fraction of sp³-hybridized carbons (Fsp3) is 0.529. The van der Waals surface area contributed by atoms with Gasteiger partial charge in [0, 0.05) is 26.2 Å². The number of piperazine rings is 1. The van der Waals surface area contributed by atoms with Crippen molar-refractivity contribution >= 4 is 23.6 Å². The smallest absolute Gasteiger partial charge is 0.409 e. The number of amides is 2. The molecular formula is C17H23ClN2O4. The highest BCUT2D eigenvalue weighted by molar-refractivity contribution is 6.18. The lowest BCUT2D eigenvalue weighted by Gasteiger charge is -2.34. The van der Waals surface area contributed by atoms with Crippen LogP contribution >= 0.6 is 11.6 Å². The lowest BCUT2D eigenvalue weighted by molar-refractivity contribution is -0.134. The molecular weight excluding hydrogens is 332 g/mol. The van der Waals surface area contributed by atoms with Gasteiger partial charge in [-0.2, -0.15) is 0 Å². The summed E-state index contributed by atoms with van der Waals surface area (Å²) in [6, 6.07) is 5.85. The van der Waals surface area contributed by atoms with E-state index < -0.39 is 0 Å². The molecule has 0 aromatic heterocycles. The van der Waals surface area contributed by atoms with Crippen LogP contribution in [0.15, 0.2) is 18.2 Å². The van der Waals surface area contributed by atoms with Crippen LogP contribution < -0.4 is 4.74 Å². The normalized spacial score (nSPS) is 14.5. The van der Waals surface area contributed by atoms with E-state index in [1.807, 2.05) is 32.0 Å². The predicted molar refractivity (Wildman–Crippen MR) is 91.6 cm³/mol. The Morgan fingerprint density at radius 2 is 1.79 bits per heavy atom. The molecule has 1 fully saturated rings. The number of alkyl halides is 1. The van der Waals surface area contributed by atoms with Crippen LogP contribution in [0.3, 0.4) is 0 Å². The van der Waals surface area contributed by atoms with E-state index in [4.69, 9.17) is 21.1 Å².